The SMILES string of the molecule is CCCCCCC(N)CCOCC(F)F. The fourth-order valence-corrected chi connectivity index (χ4v) is 1.38. The van der Waals surface area contributed by atoms with Gasteiger partial charge in [0.15, 0.2) is 0 Å². The molecule has 0 aromatic rings. The third kappa shape index (κ3) is 11.7. The fraction of sp³-hybridized carbons (Fsp3) is 1.00. The molecule has 0 aromatic carbocycles. The van der Waals surface area contributed by atoms with Crippen molar-refractivity contribution in [2.75, 3.05) is 13.2 Å². The second-order valence-electron chi connectivity index (χ2n) is 3.86. The molecule has 2 N–H and O–H groups in total. The molecule has 0 amide bonds. The summed E-state index contributed by atoms with van der Waals surface area (Å²) in [5.74, 6) is 0. The molecule has 0 saturated carbocycles. The first-order valence-electron chi connectivity index (χ1n) is 5.78. The van der Waals surface area contributed by atoms with E-state index in [1.165, 1.54) is 19.3 Å². The summed E-state index contributed by atoms with van der Waals surface area (Å²) < 4.78 is 28.1. The van der Waals surface area contributed by atoms with Gasteiger partial charge < -0.3 is 10.5 Å². The van der Waals surface area contributed by atoms with E-state index < -0.39 is 13.0 Å². The van der Waals surface area contributed by atoms with E-state index in [1.807, 2.05) is 0 Å². The molecule has 0 fully saturated rings. The summed E-state index contributed by atoms with van der Waals surface area (Å²) in [6.45, 7) is 2.04. The highest BCUT2D eigenvalue weighted by atomic mass is 19.3. The van der Waals surface area contributed by atoms with Crippen molar-refractivity contribution in [2.45, 2.75) is 57.9 Å². The van der Waals surface area contributed by atoms with Crippen LogP contribution in [0.2, 0.25) is 0 Å². The van der Waals surface area contributed by atoms with Crippen LogP contribution in [0.25, 0.3) is 0 Å². The Kier molecular flexibility index (Phi) is 10.2. The van der Waals surface area contributed by atoms with E-state index in [2.05, 4.69) is 6.92 Å². The fourth-order valence-electron chi connectivity index (χ4n) is 1.38. The smallest absolute Gasteiger partial charge is 0.261 e. The van der Waals surface area contributed by atoms with Crippen molar-refractivity contribution in [3.8, 4) is 0 Å². The molecular formula is C11H23F2NO. The second-order valence-corrected chi connectivity index (χ2v) is 3.86. The van der Waals surface area contributed by atoms with Crippen molar-refractivity contribution < 1.29 is 13.5 Å². The zero-order valence-electron chi connectivity index (χ0n) is 9.55. The minimum atomic E-state index is -2.37. The Bertz CT molecular complexity index is 134. The minimum absolute atomic E-state index is 0.0968. The van der Waals surface area contributed by atoms with E-state index in [4.69, 9.17) is 10.5 Å². The summed E-state index contributed by atoms with van der Waals surface area (Å²) in [5, 5.41) is 0. The maximum atomic E-state index is 11.7. The van der Waals surface area contributed by atoms with E-state index in [0.29, 0.717) is 13.0 Å². The van der Waals surface area contributed by atoms with Crippen molar-refractivity contribution in [3.05, 3.63) is 0 Å². The standard InChI is InChI=1S/C11H23F2NO/c1-2-3-4-5-6-10(14)7-8-15-9-11(12)13/h10-11H,2-9,14H2,1H3. The summed E-state index contributed by atoms with van der Waals surface area (Å²) in [7, 11) is 0. The van der Waals surface area contributed by atoms with Gasteiger partial charge in [-0.1, -0.05) is 32.6 Å². The van der Waals surface area contributed by atoms with Crippen LogP contribution >= 0.6 is 0 Å². The Hall–Kier alpha value is -0.220. The number of hydrogen-bond donors (Lipinski definition) is 1. The first kappa shape index (κ1) is 14.8. The van der Waals surface area contributed by atoms with Crippen LogP contribution in [0, 0.1) is 0 Å². The molecule has 0 heterocycles. The number of halogens is 2. The lowest BCUT2D eigenvalue weighted by molar-refractivity contribution is 0.0150. The number of nitrogens with two attached hydrogens (primary N) is 1. The van der Waals surface area contributed by atoms with E-state index in [-0.39, 0.29) is 6.04 Å². The van der Waals surface area contributed by atoms with E-state index >= 15 is 0 Å². The lowest BCUT2D eigenvalue weighted by Crippen LogP contribution is -2.22. The third-order valence-electron chi connectivity index (χ3n) is 2.31. The van der Waals surface area contributed by atoms with Crippen LogP contribution in [0.1, 0.15) is 45.4 Å². The first-order valence-corrected chi connectivity index (χ1v) is 5.78. The maximum absolute atomic E-state index is 11.7. The van der Waals surface area contributed by atoms with Gasteiger partial charge in [-0.25, -0.2) is 8.78 Å². The number of hydrogen-bond acceptors (Lipinski definition) is 2. The van der Waals surface area contributed by atoms with Gasteiger partial charge in [0.1, 0.15) is 6.61 Å². The van der Waals surface area contributed by atoms with Gasteiger partial charge in [-0.05, 0) is 12.8 Å². The summed E-state index contributed by atoms with van der Waals surface area (Å²) >= 11 is 0. The molecule has 1 unspecified atom stereocenters. The molecule has 0 rings (SSSR count). The molecule has 4 heteroatoms. The van der Waals surface area contributed by atoms with Crippen LogP contribution in [-0.4, -0.2) is 25.7 Å². The van der Waals surface area contributed by atoms with Gasteiger partial charge in [-0.3, -0.25) is 0 Å². The zero-order chi connectivity index (χ0) is 11.5. The van der Waals surface area contributed by atoms with Crippen molar-refractivity contribution in [1.29, 1.82) is 0 Å². The number of unbranched alkanes of at least 4 members (excludes halogenated alkanes) is 3. The van der Waals surface area contributed by atoms with Gasteiger partial charge in [-0.15, -0.1) is 0 Å². The van der Waals surface area contributed by atoms with Gasteiger partial charge in [-0.2, -0.15) is 0 Å². The predicted molar refractivity (Wildman–Crippen MR) is 58.2 cm³/mol. The molecule has 2 nitrogen and oxygen atoms in total. The molecule has 0 aliphatic carbocycles. The highest BCUT2D eigenvalue weighted by Crippen LogP contribution is 2.06. The van der Waals surface area contributed by atoms with E-state index in [0.717, 1.165) is 12.8 Å². The molecule has 0 saturated heterocycles. The zero-order valence-corrected chi connectivity index (χ0v) is 9.55. The van der Waals surface area contributed by atoms with Crippen LogP contribution in [0.3, 0.4) is 0 Å². The van der Waals surface area contributed by atoms with Gasteiger partial charge in [0, 0.05) is 12.6 Å². The van der Waals surface area contributed by atoms with Gasteiger partial charge >= 0.3 is 0 Å². The van der Waals surface area contributed by atoms with Crippen molar-refractivity contribution >= 4 is 0 Å². The van der Waals surface area contributed by atoms with Gasteiger partial charge in [0.2, 0.25) is 0 Å². The topological polar surface area (TPSA) is 35.2 Å². The number of ether oxygens (including phenoxy) is 1. The Morgan fingerprint density at radius 2 is 1.87 bits per heavy atom. The molecule has 92 valence electrons. The third-order valence-corrected chi connectivity index (χ3v) is 2.31. The Labute approximate surface area is 91.2 Å². The quantitative estimate of drug-likeness (QED) is 0.578. The van der Waals surface area contributed by atoms with Crippen LogP contribution in [0.15, 0.2) is 0 Å². The molecule has 0 aliphatic rings. The molecular weight excluding hydrogens is 200 g/mol. The molecule has 0 spiro atoms. The molecule has 0 aromatic heterocycles. The molecule has 1 atom stereocenters. The van der Waals surface area contributed by atoms with Crippen molar-refractivity contribution in [1.82, 2.24) is 0 Å². The second kappa shape index (κ2) is 10.3. The van der Waals surface area contributed by atoms with E-state index in [1.54, 1.807) is 0 Å². The largest absolute Gasteiger partial charge is 0.375 e. The Morgan fingerprint density at radius 1 is 1.13 bits per heavy atom. The molecule has 0 aliphatic heterocycles. The number of rotatable bonds is 10. The highest BCUT2D eigenvalue weighted by Gasteiger charge is 2.04. The number of alkyl halides is 2. The van der Waals surface area contributed by atoms with Crippen molar-refractivity contribution in [2.24, 2.45) is 5.73 Å². The summed E-state index contributed by atoms with van der Waals surface area (Å²) in [6, 6.07) is 0.0968. The molecule has 0 radical (unpaired) electrons. The maximum Gasteiger partial charge on any atom is 0.261 e. The lowest BCUT2D eigenvalue weighted by atomic mass is 10.1. The molecule has 15 heavy (non-hydrogen) atoms. The minimum Gasteiger partial charge on any atom is -0.375 e. The average Bonchev–Trinajstić information content (AvgIpc) is 2.19. The van der Waals surface area contributed by atoms with Crippen LogP contribution in [0.5, 0.6) is 0 Å². The predicted octanol–water partition coefficient (Wildman–Crippen LogP) is 2.96. The van der Waals surface area contributed by atoms with Crippen LogP contribution in [-0.2, 0) is 4.74 Å². The average molecular weight is 223 g/mol. The van der Waals surface area contributed by atoms with Crippen molar-refractivity contribution in [3.63, 3.8) is 0 Å². The summed E-state index contributed by atoms with van der Waals surface area (Å²) in [6.07, 6.45) is 4.08. The van der Waals surface area contributed by atoms with E-state index in [9.17, 15) is 8.78 Å². The monoisotopic (exact) mass is 223 g/mol. The van der Waals surface area contributed by atoms with Crippen LogP contribution in [0.4, 0.5) is 8.78 Å². The molecule has 0 bridgehead atoms. The normalized spacial score (nSPS) is 13.4. The van der Waals surface area contributed by atoms with Gasteiger partial charge in [0.05, 0.1) is 0 Å². The summed E-state index contributed by atoms with van der Waals surface area (Å²) in [4.78, 5) is 0. The lowest BCUT2D eigenvalue weighted by Gasteiger charge is -2.11. The van der Waals surface area contributed by atoms with Crippen LogP contribution < -0.4 is 5.73 Å². The highest BCUT2D eigenvalue weighted by molar-refractivity contribution is 4.60. The van der Waals surface area contributed by atoms with Gasteiger partial charge in [0.25, 0.3) is 6.43 Å². The first-order chi connectivity index (χ1) is 7.16. The Balaban J connectivity index is 3.15. The Morgan fingerprint density at radius 3 is 2.47 bits per heavy atom. The summed E-state index contributed by atoms with van der Waals surface area (Å²) in [5.41, 5.74) is 5.81.